The third kappa shape index (κ3) is 7.55. The summed E-state index contributed by atoms with van der Waals surface area (Å²) in [6, 6.07) is 0. The third-order valence-electron chi connectivity index (χ3n) is 4.54. The molecule has 184 valence electrons. The van der Waals surface area contributed by atoms with E-state index in [2.05, 4.69) is 13.8 Å². The molecular weight excluding hydrogens is 497 g/mol. The molecule has 0 aromatic heterocycles. The normalized spacial score (nSPS) is 18.1. The molecule has 0 saturated carbocycles. The zero-order valence-corrected chi connectivity index (χ0v) is 25.4. The van der Waals surface area contributed by atoms with Gasteiger partial charge in [0.15, 0.2) is 0 Å². The summed E-state index contributed by atoms with van der Waals surface area (Å²) in [6.07, 6.45) is 1.59. The minimum Gasteiger partial charge on any atom is -0.373 e. The van der Waals surface area contributed by atoms with Crippen molar-refractivity contribution in [3.8, 4) is 0 Å². The predicted octanol–water partition coefficient (Wildman–Crippen LogP) is 5.86. The van der Waals surface area contributed by atoms with E-state index in [9.17, 15) is 0 Å². The smallest absolute Gasteiger partial charge is 0.373 e. The molecule has 0 aliphatic rings. The Balaban J connectivity index is 6.66. The first-order valence-electron chi connectivity index (χ1n) is 11.0. The molecule has 0 rings (SSSR count). The second-order valence-corrected chi connectivity index (χ2v) is 21.2. The van der Waals surface area contributed by atoms with Gasteiger partial charge < -0.3 is 26.6 Å². The minimum absolute atomic E-state index is 0.0473. The Morgan fingerprint density at radius 3 is 0.967 bits per heavy atom. The van der Waals surface area contributed by atoms with Gasteiger partial charge in [0.25, 0.3) is 0 Å². The molecule has 6 nitrogen and oxygen atoms in total. The Hall–Kier alpha value is 1.59. The monoisotopic (exact) mass is 540 g/mol. The Bertz CT molecular complexity index is 385. The Labute approximate surface area is 202 Å². The van der Waals surface area contributed by atoms with Crippen LogP contribution in [0.4, 0.5) is 0 Å². The maximum atomic E-state index is 6.31. The fourth-order valence-corrected chi connectivity index (χ4v) is 27.2. The summed E-state index contributed by atoms with van der Waals surface area (Å²) in [4.78, 5) is -0.0947. The first-order chi connectivity index (χ1) is 14.3. The van der Waals surface area contributed by atoms with Crippen molar-refractivity contribution in [3.63, 3.8) is 0 Å². The van der Waals surface area contributed by atoms with Gasteiger partial charge >= 0.3 is 17.6 Å². The predicted molar refractivity (Wildman–Crippen MR) is 143 cm³/mol. The lowest BCUT2D eigenvalue weighted by atomic mass is 10.6. The van der Waals surface area contributed by atoms with Gasteiger partial charge in [0.1, 0.15) is 0 Å². The molecule has 12 heteroatoms. The number of thiol groups is 2. The number of rotatable bonds is 19. The molecule has 0 aliphatic heterocycles. The summed E-state index contributed by atoms with van der Waals surface area (Å²) in [6.45, 7) is 19.3. The van der Waals surface area contributed by atoms with Gasteiger partial charge in [-0.1, -0.05) is 13.8 Å². The lowest BCUT2D eigenvalue weighted by Crippen LogP contribution is -2.63. The topological polar surface area (TPSA) is 55.4 Å². The van der Waals surface area contributed by atoms with Crippen molar-refractivity contribution >= 4 is 58.8 Å². The van der Waals surface area contributed by atoms with Crippen LogP contribution in [0.25, 0.3) is 0 Å². The van der Waals surface area contributed by atoms with Gasteiger partial charge in [-0.2, -0.15) is 0 Å². The molecule has 0 bridgehead atoms. The zero-order chi connectivity index (χ0) is 23.3. The highest BCUT2D eigenvalue weighted by Crippen LogP contribution is 2.76. The highest BCUT2D eigenvalue weighted by atomic mass is 33.7. The van der Waals surface area contributed by atoms with Gasteiger partial charge in [-0.3, -0.25) is 0 Å². The second kappa shape index (κ2) is 16.3. The van der Waals surface area contributed by atoms with Crippen molar-refractivity contribution in [2.45, 2.75) is 78.0 Å². The average molecular weight is 541 g/mol. The van der Waals surface area contributed by atoms with Crippen LogP contribution >= 0.6 is 41.2 Å². The van der Waals surface area contributed by atoms with Gasteiger partial charge in [0, 0.05) is 39.6 Å². The van der Waals surface area contributed by atoms with Crippen molar-refractivity contribution in [3.05, 3.63) is 0 Å². The van der Waals surface area contributed by atoms with E-state index >= 15 is 0 Å². The second-order valence-electron chi connectivity index (χ2n) is 6.29. The first kappa shape index (κ1) is 31.6. The van der Waals surface area contributed by atoms with Crippen LogP contribution in [0.5, 0.6) is 0 Å². The highest BCUT2D eigenvalue weighted by molar-refractivity contribution is 9.34. The summed E-state index contributed by atoms with van der Waals surface area (Å²) in [5.41, 5.74) is 0. The molecule has 0 spiro atoms. The number of hydrogen-bond donors (Lipinski definition) is 2. The van der Waals surface area contributed by atoms with Crippen molar-refractivity contribution < 1.29 is 26.6 Å². The van der Waals surface area contributed by atoms with E-state index in [4.69, 9.17) is 49.9 Å². The minimum atomic E-state index is -3.06. The molecule has 0 aromatic rings. The van der Waals surface area contributed by atoms with E-state index in [1.807, 2.05) is 41.5 Å². The quantitative estimate of drug-likeness (QED) is 0.121. The lowest BCUT2D eigenvalue weighted by molar-refractivity contribution is 0.0672. The Morgan fingerprint density at radius 1 is 0.600 bits per heavy atom. The molecule has 0 fully saturated rings. The average Bonchev–Trinajstić information content (AvgIpc) is 2.70. The standard InChI is InChI=1S/C18H44O6S4Si2/c1-9-17(29(19-11-3,20-12-4)21-13-5)28(26,27-25)18(10-2)30(22-14-6,23-15-7)24-16-8/h17-18,25-26H,9-16H2,1-8H3. The zero-order valence-electron chi connectivity index (χ0n) is 20.0. The molecule has 30 heavy (non-hydrogen) atoms. The Morgan fingerprint density at radius 2 is 0.833 bits per heavy atom. The van der Waals surface area contributed by atoms with Gasteiger partial charge in [0.2, 0.25) is 0 Å². The van der Waals surface area contributed by atoms with E-state index in [0.29, 0.717) is 39.6 Å². The van der Waals surface area contributed by atoms with E-state index in [-0.39, 0.29) is 9.75 Å². The van der Waals surface area contributed by atoms with Gasteiger partial charge in [-0.25, -0.2) is 0 Å². The van der Waals surface area contributed by atoms with Gasteiger partial charge in [0.05, 0.1) is 9.75 Å². The molecule has 0 heterocycles. The number of hydrogen-bond acceptors (Lipinski definition) is 9. The molecule has 0 aromatic carbocycles. The fourth-order valence-electron chi connectivity index (χ4n) is 3.71. The molecule has 0 aliphatic carbocycles. The molecule has 2 atom stereocenters. The Kier molecular flexibility index (Phi) is 17.1. The van der Waals surface area contributed by atoms with Crippen LogP contribution in [-0.4, -0.2) is 67.0 Å². The fraction of sp³-hybridized carbons (Fsp3) is 1.00. The molecule has 0 saturated heterocycles. The van der Waals surface area contributed by atoms with Crippen LogP contribution in [0.15, 0.2) is 0 Å². The largest absolute Gasteiger partial charge is 0.514 e. The maximum Gasteiger partial charge on any atom is 0.514 e. The molecule has 0 N–H and O–H groups in total. The summed E-state index contributed by atoms with van der Waals surface area (Å²) >= 11 is 10.1. The first-order valence-corrected chi connectivity index (χ1v) is 19.8. The van der Waals surface area contributed by atoms with E-state index in [1.54, 1.807) is 0 Å². The van der Waals surface area contributed by atoms with E-state index < -0.39 is 25.7 Å². The van der Waals surface area contributed by atoms with Crippen LogP contribution in [0.2, 0.25) is 0 Å². The highest BCUT2D eigenvalue weighted by Gasteiger charge is 2.64. The SMILES string of the molecule is CCO[Si](OCC)(OCC)C(CC)S(S)(SS)C(CC)[Si](OCC)(OCC)OCC. The molecule has 2 unspecified atom stereocenters. The molecular formula is C18H44O6S4Si2. The summed E-state index contributed by atoms with van der Waals surface area (Å²) in [5, 5.41) is 0. The van der Waals surface area contributed by atoms with Crippen LogP contribution in [0.3, 0.4) is 0 Å². The summed E-state index contributed by atoms with van der Waals surface area (Å²) < 4.78 is 37.9. The summed E-state index contributed by atoms with van der Waals surface area (Å²) in [7, 11) is -6.50. The molecule has 0 radical (unpaired) electrons. The van der Waals surface area contributed by atoms with E-state index in [1.165, 1.54) is 9.83 Å². The van der Waals surface area contributed by atoms with Crippen molar-refractivity contribution in [2.24, 2.45) is 0 Å². The maximum absolute atomic E-state index is 6.31. The van der Waals surface area contributed by atoms with Gasteiger partial charge in [-0.15, -0.1) is 31.4 Å². The van der Waals surface area contributed by atoms with Crippen LogP contribution in [-0.2, 0) is 26.6 Å². The van der Waals surface area contributed by atoms with Crippen molar-refractivity contribution in [1.29, 1.82) is 0 Å². The lowest BCUT2D eigenvalue weighted by Gasteiger charge is -2.52. The van der Waals surface area contributed by atoms with E-state index in [0.717, 1.165) is 12.8 Å². The van der Waals surface area contributed by atoms with Crippen molar-refractivity contribution in [1.82, 2.24) is 0 Å². The third-order valence-corrected chi connectivity index (χ3v) is 27.4. The summed E-state index contributed by atoms with van der Waals surface area (Å²) in [5.74, 6) is 0. The van der Waals surface area contributed by atoms with Gasteiger partial charge in [-0.05, 0) is 64.2 Å². The van der Waals surface area contributed by atoms with Crippen LogP contribution in [0, 0.1) is 0 Å². The van der Waals surface area contributed by atoms with Crippen LogP contribution < -0.4 is 0 Å². The molecule has 0 amide bonds. The van der Waals surface area contributed by atoms with Crippen LogP contribution in [0.1, 0.15) is 68.2 Å². The van der Waals surface area contributed by atoms with Crippen molar-refractivity contribution in [2.75, 3.05) is 39.6 Å².